The number of carbonyl (C=O) groups is 1. The summed E-state index contributed by atoms with van der Waals surface area (Å²) in [6.45, 7) is 0.302. The summed E-state index contributed by atoms with van der Waals surface area (Å²) in [5, 5.41) is 22.6. The van der Waals surface area contributed by atoms with Crippen LogP contribution in [0.4, 0.5) is 0 Å². The number of carboxylic acid groups (broad SMARTS) is 1. The number of hydrogen-bond acceptors (Lipinski definition) is 7. The molecule has 3 aromatic heterocycles. The van der Waals surface area contributed by atoms with Crippen molar-refractivity contribution in [2.75, 3.05) is 7.11 Å². The molecular weight excluding hydrogens is 312 g/mol. The molecule has 0 spiro atoms. The molecule has 1 atom stereocenters. The average molecular weight is 324 g/mol. The van der Waals surface area contributed by atoms with Gasteiger partial charge in [0, 0.05) is 16.5 Å². The molecule has 110 valence electrons. The molecule has 21 heavy (non-hydrogen) atoms. The summed E-state index contributed by atoms with van der Waals surface area (Å²) < 4.78 is 9.15. The number of hydrogen-bond donors (Lipinski definition) is 1. The molecule has 0 aliphatic heterocycles. The van der Waals surface area contributed by atoms with Gasteiger partial charge in [-0.15, -0.1) is 27.8 Å². The van der Waals surface area contributed by atoms with Gasteiger partial charge in [-0.2, -0.15) is 0 Å². The minimum Gasteiger partial charge on any atom is -0.481 e. The molecule has 3 rings (SSSR count). The third-order valence-electron chi connectivity index (χ3n) is 3.00. The molecule has 3 aromatic rings. The van der Waals surface area contributed by atoms with Crippen LogP contribution in [0, 0.1) is 0 Å². The van der Waals surface area contributed by atoms with E-state index in [1.165, 1.54) is 16.5 Å². The zero-order valence-corrected chi connectivity index (χ0v) is 12.7. The maximum absolute atomic E-state index is 10.8. The number of nitrogens with zero attached hydrogens (tertiary/aromatic N) is 4. The Kier molecular flexibility index (Phi) is 3.95. The highest BCUT2D eigenvalue weighted by molar-refractivity contribution is 7.28. The molecule has 0 radical (unpaired) electrons. The van der Waals surface area contributed by atoms with Crippen molar-refractivity contribution in [1.29, 1.82) is 0 Å². The van der Waals surface area contributed by atoms with E-state index in [2.05, 4.69) is 21.6 Å². The molecule has 0 aliphatic rings. The minimum absolute atomic E-state index is 0.0880. The number of tetrazole rings is 1. The van der Waals surface area contributed by atoms with Gasteiger partial charge in [-0.3, -0.25) is 4.79 Å². The van der Waals surface area contributed by atoms with Crippen molar-refractivity contribution >= 4 is 38.0 Å². The van der Waals surface area contributed by atoms with Crippen molar-refractivity contribution in [1.82, 2.24) is 20.2 Å². The van der Waals surface area contributed by atoms with E-state index >= 15 is 0 Å². The van der Waals surface area contributed by atoms with Gasteiger partial charge in [0.15, 0.2) is 5.82 Å². The van der Waals surface area contributed by atoms with E-state index < -0.39 is 12.1 Å². The quantitative estimate of drug-likeness (QED) is 0.747. The first-order valence-electron chi connectivity index (χ1n) is 6.15. The van der Waals surface area contributed by atoms with Gasteiger partial charge in [0.2, 0.25) is 0 Å². The number of carboxylic acids is 1. The van der Waals surface area contributed by atoms with Gasteiger partial charge in [0.1, 0.15) is 0 Å². The highest BCUT2D eigenvalue weighted by atomic mass is 32.1. The van der Waals surface area contributed by atoms with Crippen LogP contribution >= 0.6 is 22.7 Å². The lowest BCUT2D eigenvalue weighted by Crippen LogP contribution is -2.23. The first-order valence-corrected chi connectivity index (χ1v) is 7.85. The molecule has 0 aliphatic carbocycles. The van der Waals surface area contributed by atoms with Crippen molar-refractivity contribution in [3.05, 3.63) is 17.5 Å². The van der Waals surface area contributed by atoms with Gasteiger partial charge in [-0.25, -0.2) is 4.68 Å². The molecule has 3 heterocycles. The second kappa shape index (κ2) is 5.88. The summed E-state index contributed by atoms with van der Waals surface area (Å²) >= 11 is 3.28. The van der Waals surface area contributed by atoms with Crippen LogP contribution in [0.3, 0.4) is 0 Å². The lowest BCUT2D eigenvalue weighted by atomic mass is 10.2. The maximum Gasteiger partial charge on any atom is 0.306 e. The smallest absolute Gasteiger partial charge is 0.306 e. The van der Waals surface area contributed by atoms with Crippen LogP contribution in [0.1, 0.15) is 6.42 Å². The van der Waals surface area contributed by atoms with Crippen LogP contribution in [0.5, 0.6) is 0 Å². The summed E-state index contributed by atoms with van der Waals surface area (Å²) in [5.41, 5.74) is 0. The number of thiophene rings is 2. The van der Waals surface area contributed by atoms with E-state index in [-0.39, 0.29) is 6.42 Å². The fourth-order valence-corrected chi connectivity index (χ4v) is 4.09. The third kappa shape index (κ3) is 2.94. The average Bonchev–Trinajstić information content (AvgIpc) is 3.10. The second-order valence-corrected chi connectivity index (χ2v) is 6.43. The van der Waals surface area contributed by atoms with Crippen LogP contribution in [0.15, 0.2) is 17.5 Å². The van der Waals surface area contributed by atoms with Crippen molar-refractivity contribution in [2.45, 2.75) is 19.1 Å². The van der Waals surface area contributed by atoms with Gasteiger partial charge >= 0.3 is 5.97 Å². The lowest BCUT2D eigenvalue weighted by molar-refractivity contribution is -0.139. The van der Waals surface area contributed by atoms with E-state index in [1.54, 1.807) is 27.4 Å². The van der Waals surface area contributed by atoms with Crippen LogP contribution in [-0.4, -0.2) is 44.5 Å². The van der Waals surface area contributed by atoms with Crippen LogP contribution in [0.2, 0.25) is 0 Å². The predicted octanol–water partition coefficient (Wildman–Crippen LogP) is 2.11. The topological polar surface area (TPSA) is 90.1 Å². The van der Waals surface area contributed by atoms with Crippen molar-refractivity contribution in [3.63, 3.8) is 0 Å². The van der Waals surface area contributed by atoms with Gasteiger partial charge < -0.3 is 9.84 Å². The Morgan fingerprint density at radius 1 is 1.52 bits per heavy atom. The SMILES string of the molecule is COC(CC(=O)O)Cn1nnnc1-c1cc2sccc2s1. The Labute approximate surface area is 127 Å². The van der Waals surface area contributed by atoms with E-state index in [0.29, 0.717) is 12.4 Å². The lowest BCUT2D eigenvalue weighted by Gasteiger charge is -2.13. The minimum atomic E-state index is -0.909. The van der Waals surface area contributed by atoms with Crippen LogP contribution < -0.4 is 0 Å². The van der Waals surface area contributed by atoms with E-state index in [0.717, 1.165) is 4.88 Å². The molecule has 0 saturated heterocycles. The Morgan fingerprint density at radius 2 is 2.38 bits per heavy atom. The van der Waals surface area contributed by atoms with Crippen molar-refractivity contribution in [2.24, 2.45) is 0 Å². The molecule has 1 N–H and O–H groups in total. The van der Waals surface area contributed by atoms with E-state index in [9.17, 15) is 4.79 Å². The number of rotatable bonds is 6. The molecule has 0 fully saturated rings. The largest absolute Gasteiger partial charge is 0.481 e. The normalized spacial score (nSPS) is 12.8. The van der Waals surface area contributed by atoms with Gasteiger partial charge in [-0.05, 0) is 27.9 Å². The molecule has 0 bridgehead atoms. The molecule has 7 nitrogen and oxygen atoms in total. The highest BCUT2D eigenvalue weighted by Gasteiger charge is 2.18. The van der Waals surface area contributed by atoms with Crippen molar-refractivity contribution in [3.8, 4) is 10.7 Å². The fraction of sp³-hybridized carbons (Fsp3) is 0.333. The monoisotopic (exact) mass is 324 g/mol. The molecule has 1 unspecified atom stereocenters. The zero-order valence-electron chi connectivity index (χ0n) is 11.1. The molecule has 0 amide bonds. The van der Waals surface area contributed by atoms with Crippen LogP contribution in [-0.2, 0) is 16.1 Å². The van der Waals surface area contributed by atoms with Crippen molar-refractivity contribution < 1.29 is 14.6 Å². The Bertz CT molecular complexity index is 735. The Morgan fingerprint density at radius 3 is 3.10 bits per heavy atom. The summed E-state index contributed by atoms with van der Waals surface area (Å²) in [6.07, 6.45) is -0.555. The Hall–Kier alpha value is -1.84. The van der Waals surface area contributed by atoms with Crippen LogP contribution in [0.25, 0.3) is 20.1 Å². The number of aromatic nitrogens is 4. The molecular formula is C12H12N4O3S2. The summed E-state index contributed by atoms with van der Waals surface area (Å²) in [7, 11) is 1.48. The van der Waals surface area contributed by atoms with Gasteiger partial charge in [0.25, 0.3) is 0 Å². The third-order valence-corrected chi connectivity index (χ3v) is 5.09. The summed E-state index contributed by atoms with van der Waals surface area (Å²) in [6, 6.07) is 4.11. The first-order chi connectivity index (χ1) is 10.2. The summed E-state index contributed by atoms with van der Waals surface area (Å²) in [5.74, 6) is -0.274. The fourth-order valence-electron chi connectivity index (χ4n) is 1.99. The first kappa shape index (κ1) is 14.1. The Balaban J connectivity index is 1.86. The van der Waals surface area contributed by atoms with E-state index in [1.807, 2.05) is 11.4 Å². The standard InChI is InChI=1S/C12H12N4O3S2/c1-19-7(4-11(17)18)6-16-12(13-14-15-16)10-5-9-8(21-10)2-3-20-9/h2-3,5,7H,4,6H2,1H3,(H,17,18). The van der Waals surface area contributed by atoms with Gasteiger partial charge in [-0.1, -0.05) is 0 Å². The molecule has 0 saturated carbocycles. The number of fused-ring (bicyclic) bond motifs is 1. The predicted molar refractivity (Wildman–Crippen MR) is 79.6 cm³/mol. The second-order valence-electron chi connectivity index (χ2n) is 4.40. The number of ether oxygens (including phenoxy) is 1. The highest BCUT2D eigenvalue weighted by Crippen LogP contribution is 2.35. The van der Waals surface area contributed by atoms with E-state index in [4.69, 9.17) is 9.84 Å². The summed E-state index contributed by atoms with van der Waals surface area (Å²) in [4.78, 5) is 11.8. The number of aliphatic carboxylic acids is 1. The number of methoxy groups -OCH3 is 1. The van der Waals surface area contributed by atoms with Gasteiger partial charge in [0.05, 0.1) is 23.9 Å². The molecule has 0 aromatic carbocycles. The zero-order chi connectivity index (χ0) is 14.8. The maximum atomic E-state index is 10.8. The molecule has 9 heteroatoms.